The van der Waals surface area contributed by atoms with Crippen molar-refractivity contribution in [2.45, 2.75) is 82.6 Å². The van der Waals surface area contributed by atoms with Crippen LogP contribution in [0.25, 0.3) is 0 Å². The minimum absolute atomic E-state index is 0.343. The Morgan fingerprint density at radius 2 is 0.824 bits per heavy atom. The van der Waals surface area contributed by atoms with Crippen molar-refractivity contribution in [3.8, 4) is 0 Å². The minimum atomic E-state index is 0.343. The molecule has 0 aromatic carbocycles. The smallest absolute Gasteiger partial charge is 0.0272 e. The first-order valence-electron chi connectivity index (χ1n) is 7.19. The van der Waals surface area contributed by atoms with Crippen LogP contribution in [0.4, 0.5) is 0 Å². The van der Waals surface area contributed by atoms with Crippen LogP contribution in [0.15, 0.2) is 0 Å². The third-order valence-corrected chi connectivity index (χ3v) is 6.02. The van der Waals surface area contributed by atoms with Crippen LogP contribution in [0, 0.1) is 27.6 Å². The van der Waals surface area contributed by atoms with Crippen molar-refractivity contribution in [1.82, 2.24) is 0 Å². The van der Waals surface area contributed by atoms with Crippen molar-refractivity contribution in [3.63, 3.8) is 0 Å². The van der Waals surface area contributed by atoms with Crippen LogP contribution >= 0.6 is 0 Å². The maximum Gasteiger partial charge on any atom is -0.0272 e. The molecule has 0 fully saturated rings. The number of rotatable bonds is 3. The molecule has 0 aliphatic carbocycles. The van der Waals surface area contributed by atoms with Gasteiger partial charge in [-0.1, -0.05) is 82.6 Å². The van der Waals surface area contributed by atoms with Gasteiger partial charge in [0.2, 0.25) is 0 Å². The van der Waals surface area contributed by atoms with Gasteiger partial charge in [-0.05, 0) is 27.6 Å². The summed E-state index contributed by atoms with van der Waals surface area (Å²) in [5.41, 5.74) is 1.38. The second kappa shape index (κ2) is 4.59. The molecule has 0 amide bonds. The molecule has 0 atom stereocenters. The van der Waals surface area contributed by atoms with Gasteiger partial charge in [-0.25, -0.2) is 0 Å². The highest BCUT2D eigenvalue weighted by Crippen LogP contribution is 2.57. The zero-order valence-corrected chi connectivity index (χ0v) is 14.3. The molecule has 0 unspecified atom stereocenters. The Morgan fingerprint density at radius 3 is 0.941 bits per heavy atom. The standard InChI is InChI=1S/C17H36/c1-12-13(16(8,9)14(2,3)4)17(10,11)15(5,6)7/h13H,12H2,1-11H3. The van der Waals surface area contributed by atoms with Crippen molar-refractivity contribution in [3.05, 3.63) is 0 Å². The van der Waals surface area contributed by atoms with Crippen LogP contribution in [0.1, 0.15) is 82.6 Å². The van der Waals surface area contributed by atoms with Gasteiger partial charge in [0.05, 0.1) is 0 Å². The van der Waals surface area contributed by atoms with Gasteiger partial charge < -0.3 is 0 Å². The third kappa shape index (κ3) is 3.06. The summed E-state index contributed by atoms with van der Waals surface area (Å²) in [6, 6.07) is 0. The molecule has 0 radical (unpaired) electrons. The summed E-state index contributed by atoms with van der Waals surface area (Å²) < 4.78 is 0. The average Bonchev–Trinajstić information content (AvgIpc) is 1.99. The molecule has 0 aromatic heterocycles. The lowest BCUT2D eigenvalue weighted by atomic mass is 9.49. The SMILES string of the molecule is CCC(C(C)(C)C(C)(C)C)C(C)(C)C(C)(C)C. The van der Waals surface area contributed by atoms with E-state index in [4.69, 9.17) is 0 Å². The molecule has 0 bridgehead atoms. The molecule has 0 N–H and O–H groups in total. The molecule has 0 spiro atoms. The van der Waals surface area contributed by atoms with E-state index < -0.39 is 0 Å². The summed E-state index contributed by atoms with van der Waals surface area (Å²) in [4.78, 5) is 0. The van der Waals surface area contributed by atoms with Crippen LogP contribution < -0.4 is 0 Å². The van der Waals surface area contributed by atoms with Gasteiger partial charge in [-0.2, -0.15) is 0 Å². The number of hydrogen-bond donors (Lipinski definition) is 0. The zero-order chi connectivity index (χ0) is 14.3. The van der Waals surface area contributed by atoms with E-state index in [0.29, 0.717) is 21.7 Å². The highest BCUT2D eigenvalue weighted by atomic mass is 14.5. The van der Waals surface area contributed by atoms with Crippen LogP contribution in [0.5, 0.6) is 0 Å². The van der Waals surface area contributed by atoms with E-state index in [1.807, 2.05) is 0 Å². The van der Waals surface area contributed by atoms with E-state index in [2.05, 4.69) is 76.2 Å². The molecule has 0 heteroatoms. The third-order valence-electron chi connectivity index (χ3n) is 6.02. The van der Waals surface area contributed by atoms with E-state index in [1.54, 1.807) is 0 Å². The van der Waals surface area contributed by atoms with E-state index in [0.717, 1.165) is 5.92 Å². The fourth-order valence-electron chi connectivity index (χ4n) is 2.97. The maximum absolute atomic E-state index is 2.45. The van der Waals surface area contributed by atoms with E-state index >= 15 is 0 Å². The maximum atomic E-state index is 2.45. The largest absolute Gasteiger partial charge is 0.0651 e. The van der Waals surface area contributed by atoms with E-state index in [-0.39, 0.29) is 0 Å². The molecule has 0 aliphatic heterocycles. The zero-order valence-electron chi connectivity index (χ0n) is 14.3. The Hall–Kier alpha value is 0. The lowest BCUT2D eigenvalue weighted by Crippen LogP contribution is -2.48. The molecule has 17 heavy (non-hydrogen) atoms. The molecule has 0 rings (SSSR count). The Kier molecular flexibility index (Phi) is 4.59. The Balaban J connectivity index is 5.52. The second-order valence-electron chi connectivity index (χ2n) is 8.90. The molecule has 0 aromatic rings. The van der Waals surface area contributed by atoms with Gasteiger partial charge >= 0.3 is 0 Å². The van der Waals surface area contributed by atoms with Crippen molar-refractivity contribution in [2.24, 2.45) is 27.6 Å². The number of hydrogen-bond acceptors (Lipinski definition) is 0. The summed E-state index contributed by atoms with van der Waals surface area (Å²) in [6.07, 6.45) is 1.26. The molecule has 0 heterocycles. The monoisotopic (exact) mass is 240 g/mol. The molecule has 0 saturated heterocycles. The lowest BCUT2D eigenvalue weighted by Gasteiger charge is -2.56. The lowest BCUT2D eigenvalue weighted by molar-refractivity contribution is -0.0685. The van der Waals surface area contributed by atoms with Crippen LogP contribution in [0.3, 0.4) is 0 Å². The van der Waals surface area contributed by atoms with Gasteiger partial charge in [0.25, 0.3) is 0 Å². The van der Waals surface area contributed by atoms with Gasteiger partial charge in [-0.3, -0.25) is 0 Å². The quantitative estimate of drug-likeness (QED) is 0.554. The van der Waals surface area contributed by atoms with Gasteiger partial charge in [0.1, 0.15) is 0 Å². The van der Waals surface area contributed by atoms with Gasteiger partial charge in [0, 0.05) is 0 Å². The predicted octanol–water partition coefficient (Wildman–Crippen LogP) is 6.16. The summed E-state index contributed by atoms with van der Waals surface area (Å²) in [5.74, 6) is 0.731. The Morgan fingerprint density at radius 1 is 0.588 bits per heavy atom. The summed E-state index contributed by atoms with van der Waals surface area (Å²) in [7, 11) is 0. The molecule has 0 aliphatic rings. The second-order valence-corrected chi connectivity index (χ2v) is 8.90. The first-order chi connectivity index (χ1) is 7.19. The van der Waals surface area contributed by atoms with Crippen LogP contribution in [0.2, 0.25) is 0 Å². The fraction of sp³-hybridized carbons (Fsp3) is 1.00. The van der Waals surface area contributed by atoms with Gasteiger partial charge in [-0.15, -0.1) is 0 Å². The van der Waals surface area contributed by atoms with Crippen molar-refractivity contribution in [1.29, 1.82) is 0 Å². The van der Waals surface area contributed by atoms with Crippen molar-refractivity contribution >= 4 is 0 Å². The van der Waals surface area contributed by atoms with Crippen LogP contribution in [-0.4, -0.2) is 0 Å². The normalized spacial score (nSPS) is 15.5. The van der Waals surface area contributed by atoms with Gasteiger partial charge in [0.15, 0.2) is 0 Å². The summed E-state index contributed by atoms with van der Waals surface area (Å²) in [6.45, 7) is 26.5. The van der Waals surface area contributed by atoms with Crippen LogP contribution in [-0.2, 0) is 0 Å². The van der Waals surface area contributed by atoms with E-state index in [1.165, 1.54) is 6.42 Å². The van der Waals surface area contributed by atoms with Crippen molar-refractivity contribution in [2.75, 3.05) is 0 Å². The highest BCUT2D eigenvalue weighted by Gasteiger charge is 2.49. The molecular weight excluding hydrogens is 204 g/mol. The van der Waals surface area contributed by atoms with Crippen molar-refractivity contribution < 1.29 is 0 Å². The molecule has 0 nitrogen and oxygen atoms in total. The Bertz CT molecular complexity index is 216. The fourth-order valence-corrected chi connectivity index (χ4v) is 2.97. The first kappa shape index (κ1) is 17.0. The summed E-state index contributed by atoms with van der Waals surface area (Å²) in [5, 5.41) is 0. The Labute approximate surface area is 111 Å². The highest BCUT2D eigenvalue weighted by molar-refractivity contribution is 4.98. The topological polar surface area (TPSA) is 0 Å². The predicted molar refractivity (Wildman–Crippen MR) is 80.3 cm³/mol. The van der Waals surface area contributed by atoms with E-state index in [9.17, 15) is 0 Å². The minimum Gasteiger partial charge on any atom is -0.0651 e. The molecule has 0 saturated carbocycles. The summed E-state index contributed by atoms with van der Waals surface area (Å²) >= 11 is 0. The average molecular weight is 240 g/mol. The molecular formula is C17H36. The first-order valence-corrected chi connectivity index (χ1v) is 7.19. The molecule has 104 valence electrons.